The smallest absolute Gasteiger partial charge is 0.239 e. The van der Waals surface area contributed by atoms with Crippen LogP contribution >= 0.6 is 0 Å². The fraction of sp³-hybridized carbons (Fsp3) is 0.727. The molecule has 1 N–H and O–H groups in total. The van der Waals surface area contributed by atoms with Crippen molar-refractivity contribution in [3.63, 3.8) is 0 Å². The Kier molecular flexibility index (Phi) is 5.09. The van der Waals surface area contributed by atoms with Gasteiger partial charge in [-0.25, -0.2) is 4.98 Å². The van der Waals surface area contributed by atoms with Crippen LogP contribution in [0.5, 0.6) is 0 Å². The molecule has 0 saturated carbocycles. The number of hydrogen-bond donors (Lipinski definition) is 1. The first-order valence-electron chi connectivity index (χ1n) is 5.95. The number of nitrogens with zero attached hydrogens (tertiary/aromatic N) is 4. The van der Waals surface area contributed by atoms with E-state index in [1.165, 1.54) is 6.33 Å². The van der Waals surface area contributed by atoms with E-state index in [-0.39, 0.29) is 11.9 Å². The van der Waals surface area contributed by atoms with Crippen LogP contribution in [-0.4, -0.2) is 44.7 Å². The molecular weight excluding hydrogens is 218 g/mol. The molecule has 1 rings (SSSR count). The van der Waals surface area contributed by atoms with Crippen LogP contribution in [0.4, 0.5) is 0 Å². The van der Waals surface area contributed by atoms with Crippen molar-refractivity contribution in [3.8, 4) is 0 Å². The first kappa shape index (κ1) is 13.6. The molecule has 0 fully saturated rings. The SMILES string of the molecule is CCN(CC)C(=O)C(C)NCc1ncnn1C. The van der Waals surface area contributed by atoms with Gasteiger partial charge in [0.25, 0.3) is 0 Å². The normalized spacial score (nSPS) is 12.5. The third kappa shape index (κ3) is 3.52. The zero-order valence-electron chi connectivity index (χ0n) is 11.0. The Bertz CT molecular complexity index is 358. The number of carbonyl (C=O) groups excluding carboxylic acids is 1. The Morgan fingerprint density at radius 2 is 2.18 bits per heavy atom. The van der Waals surface area contributed by atoms with Gasteiger partial charge in [-0.2, -0.15) is 5.10 Å². The van der Waals surface area contributed by atoms with Gasteiger partial charge in [-0.05, 0) is 20.8 Å². The summed E-state index contributed by atoms with van der Waals surface area (Å²) in [7, 11) is 1.83. The number of aromatic nitrogens is 3. The Labute approximate surface area is 102 Å². The maximum Gasteiger partial charge on any atom is 0.239 e. The largest absolute Gasteiger partial charge is 0.342 e. The molecule has 1 heterocycles. The maximum atomic E-state index is 12.0. The van der Waals surface area contributed by atoms with Crippen LogP contribution in [0.25, 0.3) is 0 Å². The molecule has 1 atom stereocenters. The predicted molar refractivity (Wildman–Crippen MR) is 65.2 cm³/mol. The Balaban J connectivity index is 2.47. The molecule has 0 aliphatic carbocycles. The second kappa shape index (κ2) is 6.34. The molecule has 1 aromatic heterocycles. The van der Waals surface area contributed by atoms with E-state index in [1.54, 1.807) is 4.68 Å². The van der Waals surface area contributed by atoms with E-state index in [0.29, 0.717) is 6.54 Å². The number of nitrogens with one attached hydrogen (secondary N) is 1. The summed E-state index contributed by atoms with van der Waals surface area (Å²) >= 11 is 0. The zero-order chi connectivity index (χ0) is 12.8. The van der Waals surface area contributed by atoms with Crippen LogP contribution in [0.15, 0.2) is 6.33 Å². The fourth-order valence-electron chi connectivity index (χ4n) is 1.62. The molecule has 96 valence electrons. The van der Waals surface area contributed by atoms with Gasteiger partial charge in [-0.1, -0.05) is 0 Å². The van der Waals surface area contributed by atoms with Crippen molar-refractivity contribution < 1.29 is 4.79 Å². The lowest BCUT2D eigenvalue weighted by Crippen LogP contribution is -2.44. The van der Waals surface area contributed by atoms with Crippen molar-refractivity contribution in [2.45, 2.75) is 33.4 Å². The molecule has 1 amide bonds. The molecule has 17 heavy (non-hydrogen) atoms. The molecule has 0 bridgehead atoms. The second-order valence-corrected chi connectivity index (χ2v) is 3.91. The molecule has 0 aliphatic heterocycles. The summed E-state index contributed by atoms with van der Waals surface area (Å²) in [5.74, 6) is 0.946. The van der Waals surface area contributed by atoms with Crippen molar-refractivity contribution in [1.82, 2.24) is 25.0 Å². The number of likely N-dealkylation sites (N-methyl/N-ethyl adjacent to an activating group) is 1. The Morgan fingerprint density at radius 1 is 1.53 bits per heavy atom. The maximum absolute atomic E-state index is 12.0. The number of rotatable bonds is 6. The Morgan fingerprint density at radius 3 is 2.65 bits per heavy atom. The van der Waals surface area contributed by atoms with Gasteiger partial charge in [-0.15, -0.1) is 0 Å². The minimum Gasteiger partial charge on any atom is -0.342 e. The van der Waals surface area contributed by atoms with Gasteiger partial charge in [0, 0.05) is 20.1 Å². The van der Waals surface area contributed by atoms with Gasteiger partial charge in [0.05, 0.1) is 12.6 Å². The van der Waals surface area contributed by atoms with Crippen LogP contribution in [0.3, 0.4) is 0 Å². The van der Waals surface area contributed by atoms with E-state index in [2.05, 4.69) is 15.4 Å². The number of amides is 1. The van der Waals surface area contributed by atoms with Gasteiger partial charge in [0.2, 0.25) is 5.91 Å². The third-order valence-corrected chi connectivity index (χ3v) is 2.82. The summed E-state index contributed by atoms with van der Waals surface area (Å²) in [4.78, 5) is 17.9. The summed E-state index contributed by atoms with van der Waals surface area (Å²) in [6.45, 7) is 7.87. The minimum atomic E-state index is -0.202. The lowest BCUT2D eigenvalue weighted by atomic mass is 10.2. The highest BCUT2D eigenvalue weighted by Crippen LogP contribution is 1.97. The summed E-state index contributed by atoms with van der Waals surface area (Å²) < 4.78 is 1.70. The van der Waals surface area contributed by atoms with Crippen molar-refractivity contribution in [3.05, 3.63) is 12.2 Å². The van der Waals surface area contributed by atoms with Gasteiger partial charge in [0.1, 0.15) is 12.2 Å². The van der Waals surface area contributed by atoms with Crippen molar-refractivity contribution in [2.24, 2.45) is 7.05 Å². The monoisotopic (exact) mass is 239 g/mol. The predicted octanol–water partition coefficient (Wildman–Crippen LogP) is 0.162. The van der Waals surface area contributed by atoms with E-state index in [4.69, 9.17) is 0 Å². The lowest BCUT2D eigenvalue weighted by Gasteiger charge is -2.23. The highest BCUT2D eigenvalue weighted by atomic mass is 16.2. The summed E-state index contributed by atoms with van der Waals surface area (Å²) in [5.41, 5.74) is 0. The van der Waals surface area contributed by atoms with Crippen LogP contribution in [0.2, 0.25) is 0 Å². The minimum absolute atomic E-state index is 0.122. The molecule has 6 nitrogen and oxygen atoms in total. The van der Waals surface area contributed by atoms with Crippen molar-refractivity contribution >= 4 is 5.91 Å². The van der Waals surface area contributed by atoms with Crippen LogP contribution < -0.4 is 5.32 Å². The molecule has 1 unspecified atom stereocenters. The van der Waals surface area contributed by atoms with Crippen molar-refractivity contribution in [2.75, 3.05) is 13.1 Å². The van der Waals surface area contributed by atoms with Gasteiger partial charge >= 0.3 is 0 Å². The average molecular weight is 239 g/mol. The quantitative estimate of drug-likeness (QED) is 0.768. The lowest BCUT2D eigenvalue weighted by molar-refractivity contribution is -0.132. The zero-order valence-corrected chi connectivity index (χ0v) is 11.0. The fourth-order valence-corrected chi connectivity index (χ4v) is 1.62. The van der Waals surface area contributed by atoms with E-state index < -0.39 is 0 Å². The molecule has 0 radical (unpaired) electrons. The molecule has 0 aromatic carbocycles. The third-order valence-electron chi connectivity index (χ3n) is 2.82. The highest BCUT2D eigenvalue weighted by molar-refractivity contribution is 5.81. The van der Waals surface area contributed by atoms with Crippen LogP contribution in [0.1, 0.15) is 26.6 Å². The molecular formula is C11H21N5O. The molecule has 6 heteroatoms. The van der Waals surface area contributed by atoms with E-state index in [9.17, 15) is 4.79 Å². The van der Waals surface area contributed by atoms with Gasteiger partial charge < -0.3 is 4.90 Å². The topological polar surface area (TPSA) is 63.1 Å². The summed E-state index contributed by atoms with van der Waals surface area (Å²) in [6.07, 6.45) is 1.51. The molecule has 0 saturated heterocycles. The molecule has 1 aromatic rings. The second-order valence-electron chi connectivity index (χ2n) is 3.91. The van der Waals surface area contributed by atoms with E-state index in [1.807, 2.05) is 32.7 Å². The number of carbonyl (C=O) groups is 1. The molecule has 0 spiro atoms. The standard InChI is InChI=1S/C11H21N5O/c1-5-16(6-2)11(17)9(3)12-7-10-13-8-14-15(10)4/h8-9,12H,5-7H2,1-4H3. The van der Waals surface area contributed by atoms with Gasteiger partial charge in [0.15, 0.2) is 0 Å². The van der Waals surface area contributed by atoms with E-state index >= 15 is 0 Å². The Hall–Kier alpha value is -1.43. The average Bonchev–Trinajstić information content (AvgIpc) is 2.73. The van der Waals surface area contributed by atoms with Crippen molar-refractivity contribution in [1.29, 1.82) is 0 Å². The summed E-state index contributed by atoms with van der Waals surface area (Å²) in [6, 6.07) is -0.202. The molecule has 0 aliphatic rings. The number of aryl methyl sites for hydroxylation is 1. The van der Waals surface area contributed by atoms with E-state index in [0.717, 1.165) is 18.9 Å². The van der Waals surface area contributed by atoms with Crippen LogP contribution in [-0.2, 0) is 18.4 Å². The summed E-state index contributed by atoms with van der Waals surface area (Å²) in [5, 5.41) is 7.14. The van der Waals surface area contributed by atoms with Crippen LogP contribution in [0, 0.1) is 0 Å². The highest BCUT2D eigenvalue weighted by Gasteiger charge is 2.17. The van der Waals surface area contributed by atoms with Gasteiger partial charge in [-0.3, -0.25) is 14.8 Å². The number of hydrogen-bond acceptors (Lipinski definition) is 4. The first-order chi connectivity index (χ1) is 8.10. The first-order valence-corrected chi connectivity index (χ1v) is 5.95.